The molecule has 0 unspecified atom stereocenters. The molecule has 0 aromatic heterocycles. The number of hydrogen-bond donors (Lipinski definition) is 0. The van der Waals surface area contributed by atoms with E-state index in [0.29, 0.717) is 6.29 Å². The first-order valence-corrected chi connectivity index (χ1v) is 2.94. The quantitative estimate of drug-likeness (QED) is 0.445. The van der Waals surface area contributed by atoms with Crippen LogP contribution in [0.4, 0.5) is 5.69 Å². The molecule has 5 heteroatoms. The molecule has 0 aliphatic carbocycles. The van der Waals surface area contributed by atoms with Gasteiger partial charge in [0.1, 0.15) is 0 Å². The van der Waals surface area contributed by atoms with Crippen molar-refractivity contribution < 1.29 is 9.72 Å². The zero-order valence-electron chi connectivity index (χ0n) is 5.97. The minimum atomic E-state index is -0.580. The molecule has 12 heavy (non-hydrogen) atoms. The standard InChI is InChI=1S/C7H5NO3.BrH/c9-5-6-3-1-2-4-7(6)8(10)11;/h1-5H;1H. The Bertz CT molecular complexity index is 300. The summed E-state index contributed by atoms with van der Waals surface area (Å²) in [5.74, 6) is 0. The molecule has 0 saturated carbocycles. The van der Waals surface area contributed by atoms with Crippen molar-refractivity contribution in [2.45, 2.75) is 0 Å². The zero-order chi connectivity index (χ0) is 8.27. The fourth-order valence-electron chi connectivity index (χ4n) is 0.753. The van der Waals surface area contributed by atoms with E-state index in [1.54, 1.807) is 6.07 Å². The maximum Gasteiger partial charge on any atom is 0.279 e. The third-order valence-corrected chi connectivity index (χ3v) is 1.26. The Morgan fingerprint density at radius 3 is 2.33 bits per heavy atom. The van der Waals surface area contributed by atoms with Crippen LogP contribution in [0.1, 0.15) is 10.4 Å². The number of nitro benzene ring substituents is 1. The van der Waals surface area contributed by atoms with E-state index >= 15 is 0 Å². The normalized spacial score (nSPS) is 8.33. The van der Waals surface area contributed by atoms with Gasteiger partial charge in [-0.25, -0.2) is 0 Å². The first kappa shape index (κ1) is 10.8. The van der Waals surface area contributed by atoms with Crippen molar-refractivity contribution in [2.24, 2.45) is 0 Å². The van der Waals surface area contributed by atoms with Crippen LogP contribution in [0.5, 0.6) is 0 Å². The number of halogens is 1. The van der Waals surface area contributed by atoms with Gasteiger partial charge in [-0.1, -0.05) is 12.1 Å². The number of rotatable bonds is 2. The lowest BCUT2D eigenvalue weighted by molar-refractivity contribution is -0.385. The lowest BCUT2D eigenvalue weighted by Gasteiger charge is -1.91. The predicted octanol–water partition coefficient (Wildman–Crippen LogP) is 1.99. The number of carbonyl (C=O) groups is 1. The van der Waals surface area contributed by atoms with Gasteiger partial charge in [0.15, 0.2) is 6.29 Å². The number of hydrogen-bond acceptors (Lipinski definition) is 3. The second kappa shape index (κ2) is 4.61. The monoisotopic (exact) mass is 231 g/mol. The average Bonchev–Trinajstić information content (AvgIpc) is 2.04. The van der Waals surface area contributed by atoms with Crippen LogP contribution in [0, 0.1) is 10.1 Å². The molecule has 1 aromatic rings. The van der Waals surface area contributed by atoms with Crippen LogP contribution in [0.3, 0.4) is 0 Å². The van der Waals surface area contributed by atoms with Crippen molar-refractivity contribution in [1.29, 1.82) is 0 Å². The molecule has 0 fully saturated rings. The summed E-state index contributed by atoms with van der Waals surface area (Å²) < 4.78 is 0. The fraction of sp³-hybridized carbons (Fsp3) is 0. The zero-order valence-corrected chi connectivity index (χ0v) is 7.68. The molecule has 0 aliphatic heterocycles. The van der Waals surface area contributed by atoms with Gasteiger partial charge < -0.3 is 0 Å². The number of nitro groups is 1. The summed E-state index contributed by atoms with van der Waals surface area (Å²) in [5, 5.41) is 10.2. The van der Waals surface area contributed by atoms with E-state index in [4.69, 9.17) is 0 Å². The Morgan fingerprint density at radius 1 is 1.33 bits per heavy atom. The van der Waals surface area contributed by atoms with Crippen LogP contribution in [0.25, 0.3) is 0 Å². The van der Waals surface area contributed by atoms with Crippen LogP contribution < -0.4 is 0 Å². The van der Waals surface area contributed by atoms with Crippen LogP contribution in [-0.2, 0) is 0 Å². The van der Waals surface area contributed by atoms with E-state index < -0.39 is 4.92 Å². The molecule has 0 radical (unpaired) electrons. The van der Waals surface area contributed by atoms with Gasteiger partial charge in [-0.05, 0) is 6.07 Å². The topological polar surface area (TPSA) is 60.2 Å². The van der Waals surface area contributed by atoms with Crippen molar-refractivity contribution in [2.75, 3.05) is 0 Å². The fourth-order valence-corrected chi connectivity index (χ4v) is 0.753. The third kappa shape index (κ3) is 2.13. The van der Waals surface area contributed by atoms with Crippen LogP contribution in [-0.4, -0.2) is 11.2 Å². The van der Waals surface area contributed by atoms with E-state index in [-0.39, 0.29) is 28.2 Å². The molecule has 0 atom stereocenters. The maximum absolute atomic E-state index is 10.2. The molecule has 1 aromatic carbocycles. The molecular formula is C7H6BrNO3. The summed E-state index contributed by atoms with van der Waals surface area (Å²) in [6, 6.07) is 5.80. The molecule has 0 saturated heterocycles. The largest absolute Gasteiger partial charge is 0.298 e. The Balaban J connectivity index is 0.00000121. The minimum Gasteiger partial charge on any atom is -0.298 e. The lowest BCUT2D eigenvalue weighted by atomic mass is 10.2. The van der Waals surface area contributed by atoms with Gasteiger partial charge in [0.2, 0.25) is 0 Å². The Labute approximate surface area is 79.1 Å². The van der Waals surface area contributed by atoms with Crippen LogP contribution >= 0.6 is 17.0 Å². The van der Waals surface area contributed by atoms with Crippen LogP contribution in [0.15, 0.2) is 24.3 Å². The van der Waals surface area contributed by atoms with E-state index in [0.717, 1.165) is 0 Å². The SMILES string of the molecule is Br.O=Cc1ccccc1[N+](=O)[O-]. The van der Waals surface area contributed by atoms with Gasteiger partial charge in [0, 0.05) is 6.07 Å². The Hall–Kier alpha value is -1.23. The molecule has 0 bridgehead atoms. The molecule has 0 N–H and O–H groups in total. The molecule has 0 spiro atoms. The van der Waals surface area contributed by atoms with E-state index in [1.807, 2.05) is 0 Å². The summed E-state index contributed by atoms with van der Waals surface area (Å²) >= 11 is 0. The van der Waals surface area contributed by atoms with Gasteiger partial charge in [-0.3, -0.25) is 14.9 Å². The highest BCUT2D eigenvalue weighted by Crippen LogP contribution is 2.14. The van der Waals surface area contributed by atoms with Gasteiger partial charge in [0.05, 0.1) is 10.5 Å². The molecule has 1 rings (SSSR count). The van der Waals surface area contributed by atoms with Crippen molar-refractivity contribution in [3.05, 3.63) is 39.9 Å². The summed E-state index contributed by atoms with van der Waals surface area (Å²) in [5.41, 5.74) is -0.0417. The molecule has 0 amide bonds. The van der Waals surface area contributed by atoms with Crippen molar-refractivity contribution in [3.63, 3.8) is 0 Å². The Kier molecular flexibility index (Phi) is 4.14. The second-order valence-corrected chi connectivity index (χ2v) is 1.93. The van der Waals surface area contributed by atoms with Crippen molar-refractivity contribution in [3.8, 4) is 0 Å². The highest BCUT2D eigenvalue weighted by molar-refractivity contribution is 8.93. The second-order valence-electron chi connectivity index (χ2n) is 1.93. The summed E-state index contributed by atoms with van der Waals surface area (Å²) in [4.78, 5) is 19.9. The van der Waals surface area contributed by atoms with Gasteiger partial charge in [0.25, 0.3) is 5.69 Å². The predicted molar refractivity (Wildman–Crippen MR) is 48.8 cm³/mol. The summed E-state index contributed by atoms with van der Waals surface area (Å²) in [6.45, 7) is 0. The molecule has 4 nitrogen and oxygen atoms in total. The number of benzene rings is 1. The number of para-hydroxylation sites is 1. The number of carbonyl (C=O) groups excluding carboxylic acids is 1. The third-order valence-electron chi connectivity index (χ3n) is 1.26. The van der Waals surface area contributed by atoms with Gasteiger partial charge in [-0.2, -0.15) is 0 Å². The number of aldehydes is 1. The van der Waals surface area contributed by atoms with Crippen molar-refractivity contribution in [1.82, 2.24) is 0 Å². The van der Waals surface area contributed by atoms with Gasteiger partial charge in [-0.15, -0.1) is 17.0 Å². The smallest absolute Gasteiger partial charge is 0.279 e. The highest BCUT2D eigenvalue weighted by Gasteiger charge is 2.09. The average molecular weight is 232 g/mol. The summed E-state index contributed by atoms with van der Waals surface area (Å²) in [7, 11) is 0. The van der Waals surface area contributed by atoms with Crippen LogP contribution in [0.2, 0.25) is 0 Å². The minimum absolute atomic E-state index is 0. The molecule has 64 valence electrons. The first-order chi connectivity index (χ1) is 5.25. The molecular weight excluding hydrogens is 226 g/mol. The first-order valence-electron chi connectivity index (χ1n) is 2.94. The van der Waals surface area contributed by atoms with E-state index in [2.05, 4.69) is 0 Å². The molecule has 0 heterocycles. The highest BCUT2D eigenvalue weighted by atomic mass is 79.9. The molecule has 0 aliphatic rings. The summed E-state index contributed by atoms with van der Waals surface area (Å²) in [6.07, 6.45) is 0.470. The maximum atomic E-state index is 10.2. The van der Waals surface area contributed by atoms with E-state index in [9.17, 15) is 14.9 Å². The van der Waals surface area contributed by atoms with Gasteiger partial charge >= 0.3 is 0 Å². The number of nitrogens with zero attached hydrogens (tertiary/aromatic N) is 1. The lowest BCUT2D eigenvalue weighted by Crippen LogP contribution is -1.92. The van der Waals surface area contributed by atoms with Crippen molar-refractivity contribution >= 4 is 29.0 Å². The van der Waals surface area contributed by atoms with E-state index in [1.165, 1.54) is 18.2 Å². The Morgan fingerprint density at radius 2 is 1.92 bits per heavy atom.